The van der Waals surface area contributed by atoms with Gasteiger partial charge in [-0.15, -0.1) is 0 Å². The Labute approximate surface area is 168 Å². The van der Waals surface area contributed by atoms with E-state index in [-0.39, 0.29) is 5.78 Å². The van der Waals surface area contributed by atoms with Crippen molar-refractivity contribution in [3.05, 3.63) is 71.6 Å². The lowest BCUT2D eigenvalue weighted by atomic mass is 9.97. The standard InChI is InChI=1S/C22H21N5O2/c1-12(2)21(28)14-4-3-13-7-16-20(15(13)8-14)17(23)9-18(24)22(16)29-6-5-19-26-10-25-11-27-19/h3-4,8-11H,1,5-7,23-24H2,2H3. The molecule has 4 N–H and O–H groups in total. The highest BCUT2D eigenvalue weighted by molar-refractivity contribution is 6.09. The number of anilines is 2. The number of ether oxygens (including phenoxy) is 1. The molecule has 3 aromatic rings. The summed E-state index contributed by atoms with van der Waals surface area (Å²) in [5, 5.41) is 0. The van der Waals surface area contributed by atoms with E-state index in [9.17, 15) is 4.79 Å². The molecule has 7 heteroatoms. The number of rotatable bonds is 6. The van der Waals surface area contributed by atoms with E-state index in [2.05, 4.69) is 21.5 Å². The third-order valence-electron chi connectivity index (χ3n) is 4.95. The van der Waals surface area contributed by atoms with E-state index in [0.717, 1.165) is 22.3 Å². The van der Waals surface area contributed by atoms with Crippen LogP contribution in [0.25, 0.3) is 11.1 Å². The number of nitrogen functional groups attached to an aromatic ring is 2. The fraction of sp³-hybridized carbons (Fsp3) is 0.182. The Morgan fingerprint density at radius 2 is 1.93 bits per heavy atom. The number of nitrogens with zero attached hydrogens (tertiary/aromatic N) is 3. The van der Waals surface area contributed by atoms with Crippen LogP contribution in [0.5, 0.6) is 5.75 Å². The molecule has 4 rings (SSSR count). The summed E-state index contributed by atoms with van der Waals surface area (Å²) in [5.74, 6) is 1.19. The molecule has 1 heterocycles. The molecular weight excluding hydrogens is 366 g/mol. The molecule has 7 nitrogen and oxygen atoms in total. The van der Waals surface area contributed by atoms with Crippen molar-refractivity contribution in [3.63, 3.8) is 0 Å². The summed E-state index contributed by atoms with van der Waals surface area (Å²) < 4.78 is 6.02. The van der Waals surface area contributed by atoms with Crippen LogP contribution in [-0.2, 0) is 12.8 Å². The van der Waals surface area contributed by atoms with E-state index in [1.54, 1.807) is 13.0 Å². The van der Waals surface area contributed by atoms with Gasteiger partial charge in [0.2, 0.25) is 0 Å². The van der Waals surface area contributed by atoms with Crippen molar-refractivity contribution in [3.8, 4) is 16.9 Å². The summed E-state index contributed by atoms with van der Waals surface area (Å²) in [7, 11) is 0. The zero-order valence-electron chi connectivity index (χ0n) is 16.1. The van der Waals surface area contributed by atoms with Crippen LogP contribution in [0.1, 0.15) is 34.2 Å². The highest BCUT2D eigenvalue weighted by atomic mass is 16.5. The normalized spacial score (nSPS) is 11.6. The van der Waals surface area contributed by atoms with Gasteiger partial charge >= 0.3 is 0 Å². The maximum Gasteiger partial charge on any atom is 0.188 e. The number of Topliss-reactive ketones (excluding diaryl/α,β-unsaturated/α-hetero) is 1. The predicted molar refractivity (Wildman–Crippen MR) is 112 cm³/mol. The summed E-state index contributed by atoms with van der Waals surface area (Å²) in [6.07, 6.45) is 4.09. The molecule has 0 aliphatic heterocycles. The maximum atomic E-state index is 12.3. The van der Waals surface area contributed by atoms with E-state index in [4.69, 9.17) is 16.2 Å². The van der Waals surface area contributed by atoms with Crippen LogP contribution in [-0.4, -0.2) is 27.3 Å². The number of carbonyl (C=O) groups excluding carboxylic acids is 1. The van der Waals surface area contributed by atoms with Crippen LogP contribution in [0, 0.1) is 0 Å². The molecule has 0 amide bonds. The third kappa shape index (κ3) is 3.42. The lowest BCUT2D eigenvalue weighted by Gasteiger charge is -2.15. The molecule has 0 spiro atoms. The van der Waals surface area contributed by atoms with Crippen molar-refractivity contribution in [1.29, 1.82) is 0 Å². The summed E-state index contributed by atoms with van der Waals surface area (Å²) in [6, 6.07) is 7.36. The minimum atomic E-state index is -0.0795. The Bertz CT molecular complexity index is 1130. The van der Waals surface area contributed by atoms with Gasteiger partial charge in [0.05, 0.1) is 12.3 Å². The number of aromatic nitrogens is 3. The SMILES string of the molecule is C=C(C)C(=O)c1ccc2c(c1)-c1c(N)cc(N)c(OCCc3ncncn3)c1C2. The summed E-state index contributed by atoms with van der Waals surface area (Å²) in [6.45, 7) is 5.83. The third-order valence-corrected chi connectivity index (χ3v) is 4.95. The molecule has 2 aromatic carbocycles. The van der Waals surface area contributed by atoms with Crippen molar-refractivity contribution in [2.24, 2.45) is 0 Å². The van der Waals surface area contributed by atoms with Crippen LogP contribution in [0.2, 0.25) is 0 Å². The molecule has 1 aliphatic carbocycles. The number of hydrogen-bond donors (Lipinski definition) is 2. The topological polar surface area (TPSA) is 117 Å². The minimum Gasteiger partial charge on any atom is -0.491 e. The Balaban J connectivity index is 1.67. The Kier molecular flexibility index (Phi) is 4.72. The van der Waals surface area contributed by atoms with E-state index in [1.165, 1.54) is 12.7 Å². The summed E-state index contributed by atoms with van der Waals surface area (Å²) in [4.78, 5) is 24.4. The van der Waals surface area contributed by atoms with Crippen molar-refractivity contribution in [2.45, 2.75) is 19.8 Å². The average Bonchev–Trinajstić information content (AvgIpc) is 3.09. The first-order valence-corrected chi connectivity index (χ1v) is 9.23. The Morgan fingerprint density at radius 1 is 1.17 bits per heavy atom. The zero-order chi connectivity index (χ0) is 20.5. The van der Waals surface area contributed by atoms with Gasteiger partial charge in [-0.25, -0.2) is 15.0 Å². The van der Waals surface area contributed by atoms with Gasteiger partial charge in [0.1, 0.15) is 24.2 Å². The second-order valence-electron chi connectivity index (χ2n) is 7.05. The van der Waals surface area contributed by atoms with Gasteiger partial charge in [-0.05, 0) is 35.8 Å². The quantitative estimate of drug-likeness (QED) is 0.297. The number of ketones is 1. The van der Waals surface area contributed by atoms with Gasteiger partial charge in [0.25, 0.3) is 0 Å². The van der Waals surface area contributed by atoms with Crippen LogP contribution in [0.3, 0.4) is 0 Å². The van der Waals surface area contributed by atoms with Crippen LogP contribution < -0.4 is 16.2 Å². The van der Waals surface area contributed by atoms with Crippen molar-refractivity contribution in [2.75, 3.05) is 18.1 Å². The molecule has 0 fully saturated rings. The lowest BCUT2D eigenvalue weighted by molar-refractivity contribution is 0.103. The monoisotopic (exact) mass is 387 g/mol. The van der Waals surface area contributed by atoms with Gasteiger partial charge in [-0.3, -0.25) is 4.79 Å². The molecule has 0 unspecified atom stereocenters. The molecule has 1 aliphatic rings. The fourth-order valence-corrected chi connectivity index (χ4v) is 3.60. The molecule has 0 atom stereocenters. The van der Waals surface area contributed by atoms with Crippen molar-refractivity contribution >= 4 is 17.2 Å². The Hall–Kier alpha value is -3.74. The predicted octanol–water partition coefficient (Wildman–Crippen LogP) is 2.99. The molecule has 29 heavy (non-hydrogen) atoms. The number of nitrogens with two attached hydrogens (primary N) is 2. The highest BCUT2D eigenvalue weighted by Gasteiger charge is 2.27. The molecule has 0 saturated carbocycles. The lowest BCUT2D eigenvalue weighted by Crippen LogP contribution is -2.08. The average molecular weight is 387 g/mol. The van der Waals surface area contributed by atoms with Gasteiger partial charge in [0.15, 0.2) is 5.78 Å². The van der Waals surface area contributed by atoms with Crippen LogP contribution in [0.4, 0.5) is 11.4 Å². The molecular formula is C22H21N5O2. The smallest absolute Gasteiger partial charge is 0.188 e. The summed E-state index contributed by atoms with van der Waals surface area (Å²) in [5.41, 5.74) is 18.5. The number of benzene rings is 2. The molecule has 0 saturated heterocycles. The minimum absolute atomic E-state index is 0.0795. The Morgan fingerprint density at radius 3 is 2.66 bits per heavy atom. The molecule has 0 radical (unpaired) electrons. The number of fused-ring (bicyclic) bond motifs is 3. The zero-order valence-corrected chi connectivity index (χ0v) is 16.1. The number of hydrogen-bond acceptors (Lipinski definition) is 7. The number of allylic oxidation sites excluding steroid dienone is 1. The van der Waals surface area contributed by atoms with E-state index in [1.807, 2.05) is 18.2 Å². The first-order chi connectivity index (χ1) is 14.0. The van der Waals surface area contributed by atoms with Gasteiger partial charge in [0, 0.05) is 35.2 Å². The van der Waals surface area contributed by atoms with Gasteiger partial charge < -0.3 is 16.2 Å². The van der Waals surface area contributed by atoms with E-state index in [0.29, 0.717) is 53.5 Å². The van der Waals surface area contributed by atoms with Crippen molar-refractivity contribution in [1.82, 2.24) is 15.0 Å². The summed E-state index contributed by atoms with van der Waals surface area (Å²) >= 11 is 0. The molecule has 146 valence electrons. The van der Waals surface area contributed by atoms with E-state index < -0.39 is 0 Å². The highest BCUT2D eigenvalue weighted by Crippen LogP contribution is 2.47. The van der Waals surface area contributed by atoms with Crippen LogP contribution >= 0.6 is 0 Å². The first kappa shape index (κ1) is 18.6. The molecule has 1 aromatic heterocycles. The number of carbonyl (C=O) groups is 1. The van der Waals surface area contributed by atoms with Crippen molar-refractivity contribution < 1.29 is 9.53 Å². The fourth-order valence-electron chi connectivity index (χ4n) is 3.60. The van der Waals surface area contributed by atoms with Gasteiger partial charge in [-0.2, -0.15) is 0 Å². The largest absolute Gasteiger partial charge is 0.491 e. The molecule has 0 bridgehead atoms. The van der Waals surface area contributed by atoms with E-state index >= 15 is 0 Å². The first-order valence-electron chi connectivity index (χ1n) is 9.23. The second-order valence-corrected chi connectivity index (χ2v) is 7.05. The van der Waals surface area contributed by atoms with Gasteiger partial charge in [-0.1, -0.05) is 18.7 Å². The maximum absolute atomic E-state index is 12.3. The van der Waals surface area contributed by atoms with Crippen LogP contribution in [0.15, 0.2) is 49.1 Å². The second kappa shape index (κ2) is 7.35.